The smallest absolute Gasteiger partial charge is 0.267 e. The van der Waals surface area contributed by atoms with Crippen LogP contribution in [0.5, 0.6) is 0 Å². The molecule has 1 aliphatic rings. The Balaban J connectivity index is 2.14. The van der Waals surface area contributed by atoms with E-state index in [0.29, 0.717) is 12.5 Å². The predicted molar refractivity (Wildman–Crippen MR) is 61.3 cm³/mol. The monoisotopic (exact) mass is 238 g/mol. The summed E-state index contributed by atoms with van der Waals surface area (Å²) in [6, 6.07) is 2.49. The summed E-state index contributed by atoms with van der Waals surface area (Å²) in [6.07, 6.45) is 3.51. The Bertz CT molecular complexity index is 454. The van der Waals surface area contributed by atoms with Gasteiger partial charge in [-0.1, -0.05) is 18.7 Å². The van der Waals surface area contributed by atoms with Crippen LogP contribution < -0.4 is 5.69 Å². The average molecular weight is 238 g/mol. The summed E-state index contributed by atoms with van der Waals surface area (Å²) < 4.78 is 1.73. The molecule has 6 heteroatoms. The van der Waals surface area contributed by atoms with Gasteiger partial charge in [0.05, 0.1) is 6.07 Å². The van der Waals surface area contributed by atoms with Gasteiger partial charge in [-0.05, 0) is 19.3 Å². The van der Waals surface area contributed by atoms with Crippen LogP contribution in [0.2, 0.25) is 0 Å². The van der Waals surface area contributed by atoms with Crippen molar-refractivity contribution in [1.82, 2.24) is 14.8 Å². The maximum Gasteiger partial charge on any atom is 0.344 e. The number of nitriles is 1. The minimum atomic E-state index is -0.128. The quantitative estimate of drug-likeness (QED) is 0.792. The van der Waals surface area contributed by atoms with Gasteiger partial charge in [0.1, 0.15) is 0 Å². The second-order valence-corrected chi connectivity index (χ2v) is 5.19. The van der Waals surface area contributed by atoms with Crippen LogP contribution in [0.3, 0.4) is 0 Å². The molecule has 0 bridgehead atoms. The van der Waals surface area contributed by atoms with E-state index >= 15 is 0 Å². The average Bonchev–Trinajstić information content (AvgIpc) is 3.04. The van der Waals surface area contributed by atoms with E-state index in [9.17, 15) is 4.79 Å². The minimum absolute atomic E-state index is 0.128. The third kappa shape index (κ3) is 2.30. The Morgan fingerprint density at radius 1 is 1.75 bits per heavy atom. The number of H-pyrrole nitrogens is 1. The number of thioether (sulfide) groups is 1. The summed E-state index contributed by atoms with van der Waals surface area (Å²) >= 11 is 1.53. The third-order valence-electron chi connectivity index (χ3n) is 2.63. The molecule has 0 saturated heterocycles. The van der Waals surface area contributed by atoms with E-state index in [1.165, 1.54) is 11.8 Å². The number of hydrogen-bond acceptors (Lipinski definition) is 4. The van der Waals surface area contributed by atoms with E-state index in [4.69, 9.17) is 5.26 Å². The molecular formula is C10H14N4OS. The van der Waals surface area contributed by atoms with E-state index in [1.807, 2.05) is 6.92 Å². The number of rotatable bonds is 5. The van der Waals surface area contributed by atoms with Gasteiger partial charge in [0.2, 0.25) is 0 Å². The van der Waals surface area contributed by atoms with E-state index in [-0.39, 0.29) is 10.9 Å². The summed E-state index contributed by atoms with van der Waals surface area (Å²) in [6.45, 7) is 2.04. The van der Waals surface area contributed by atoms with Crippen LogP contribution in [0.1, 0.15) is 38.6 Å². The highest BCUT2D eigenvalue weighted by molar-refractivity contribution is 7.99. The lowest BCUT2D eigenvalue weighted by atomic mass is 10.3. The van der Waals surface area contributed by atoms with E-state index in [1.54, 1.807) is 4.57 Å². The zero-order chi connectivity index (χ0) is 11.5. The number of hydrogen-bond donors (Lipinski definition) is 1. The van der Waals surface area contributed by atoms with Crippen LogP contribution in [-0.2, 0) is 0 Å². The molecule has 1 fully saturated rings. The lowest BCUT2D eigenvalue weighted by Gasteiger charge is -2.09. The molecule has 1 aliphatic carbocycles. The van der Waals surface area contributed by atoms with Crippen molar-refractivity contribution in [3.63, 3.8) is 0 Å². The summed E-state index contributed by atoms with van der Waals surface area (Å²) in [7, 11) is 0. The largest absolute Gasteiger partial charge is 0.344 e. The van der Waals surface area contributed by atoms with Crippen molar-refractivity contribution in [3.05, 3.63) is 10.5 Å². The Morgan fingerprint density at radius 2 is 2.50 bits per heavy atom. The first-order valence-corrected chi connectivity index (χ1v) is 6.34. The fourth-order valence-corrected chi connectivity index (χ4v) is 2.61. The number of aromatic amines is 1. The molecule has 86 valence electrons. The highest BCUT2D eigenvalue weighted by Gasteiger charge is 2.29. The summed E-state index contributed by atoms with van der Waals surface area (Å²) in [5.41, 5.74) is -0.128. The third-order valence-corrected chi connectivity index (χ3v) is 3.96. The highest BCUT2D eigenvalue weighted by atomic mass is 32.2. The van der Waals surface area contributed by atoms with Crippen molar-refractivity contribution in [3.8, 4) is 6.07 Å². The lowest BCUT2D eigenvalue weighted by molar-refractivity contribution is 0.639. The first-order chi connectivity index (χ1) is 7.76. The van der Waals surface area contributed by atoms with Crippen molar-refractivity contribution in [2.45, 2.75) is 49.1 Å². The topological polar surface area (TPSA) is 74.5 Å². The number of aromatic nitrogens is 3. The van der Waals surface area contributed by atoms with Gasteiger partial charge in [0.15, 0.2) is 5.16 Å². The van der Waals surface area contributed by atoms with Crippen molar-refractivity contribution < 1.29 is 0 Å². The lowest BCUT2D eigenvalue weighted by Crippen LogP contribution is -2.16. The Morgan fingerprint density at radius 3 is 3.06 bits per heavy atom. The molecule has 16 heavy (non-hydrogen) atoms. The maximum absolute atomic E-state index is 11.5. The van der Waals surface area contributed by atoms with Crippen LogP contribution in [0.4, 0.5) is 0 Å². The van der Waals surface area contributed by atoms with Gasteiger partial charge in [0.25, 0.3) is 0 Å². The second-order valence-electron chi connectivity index (χ2n) is 3.92. The predicted octanol–water partition coefficient (Wildman–Crippen LogP) is 1.69. The van der Waals surface area contributed by atoms with E-state index in [2.05, 4.69) is 16.3 Å². The van der Waals surface area contributed by atoms with Gasteiger partial charge >= 0.3 is 5.69 Å². The van der Waals surface area contributed by atoms with Crippen molar-refractivity contribution in [2.24, 2.45) is 0 Å². The van der Waals surface area contributed by atoms with Gasteiger partial charge in [-0.25, -0.2) is 9.89 Å². The summed E-state index contributed by atoms with van der Waals surface area (Å²) in [5, 5.41) is 16.1. The maximum atomic E-state index is 11.5. The fourth-order valence-electron chi connectivity index (χ4n) is 1.55. The van der Waals surface area contributed by atoms with Gasteiger partial charge in [0, 0.05) is 17.7 Å². The summed E-state index contributed by atoms with van der Waals surface area (Å²) in [4.78, 5) is 11.5. The van der Waals surface area contributed by atoms with Gasteiger partial charge in [-0.3, -0.25) is 4.57 Å². The number of nitrogens with zero attached hydrogens (tertiary/aromatic N) is 3. The molecule has 1 N–H and O–H groups in total. The highest BCUT2D eigenvalue weighted by Crippen LogP contribution is 2.37. The van der Waals surface area contributed by atoms with Crippen molar-refractivity contribution in [2.75, 3.05) is 0 Å². The molecule has 1 heterocycles. The molecular weight excluding hydrogens is 224 g/mol. The second kappa shape index (κ2) is 4.74. The Kier molecular flexibility index (Phi) is 3.34. The Labute approximate surface area is 97.8 Å². The molecule has 1 unspecified atom stereocenters. The summed E-state index contributed by atoms with van der Waals surface area (Å²) in [5.74, 6) is 0. The molecule has 5 nitrogen and oxygen atoms in total. The first-order valence-electron chi connectivity index (χ1n) is 5.46. The van der Waals surface area contributed by atoms with Gasteiger partial charge in [-0.15, -0.1) is 5.10 Å². The zero-order valence-corrected chi connectivity index (χ0v) is 9.96. The van der Waals surface area contributed by atoms with Crippen LogP contribution >= 0.6 is 11.8 Å². The van der Waals surface area contributed by atoms with Gasteiger partial charge < -0.3 is 0 Å². The van der Waals surface area contributed by atoms with Gasteiger partial charge in [-0.2, -0.15) is 5.26 Å². The molecule has 1 saturated carbocycles. The molecule has 0 amide bonds. The Hall–Kier alpha value is -1.22. The van der Waals surface area contributed by atoms with E-state index in [0.717, 1.165) is 24.4 Å². The molecule has 0 aromatic carbocycles. The molecule has 0 radical (unpaired) electrons. The van der Waals surface area contributed by atoms with Crippen LogP contribution in [-0.4, -0.2) is 20.0 Å². The van der Waals surface area contributed by atoms with Crippen LogP contribution in [0.25, 0.3) is 0 Å². The molecule has 2 rings (SSSR count). The van der Waals surface area contributed by atoms with Crippen molar-refractivity contribution >= 4 is 11.8 Å². The first kappa shape index (κ1) is 11.3. The number of nitrogens with one attached hydrogen (secondary N) is 1. The zero-order valence-electron chi connectivity index (χ0n) is 9.14. The van der Waals surface area contributed by atoms with Crippen LogP contribution in [0.15, 0.2) is 9.95 Å². The molecule has 1 aromatic heterocycles. The fraction of sp³-hybridized carbons (Fsp3) is 0.700. The molecule has 0 aliphatic heterocycles. The molecule has 1 atom stereocenters. The van der Waals surface area contributed by atoms with Crippen molar-refractivity contribution in [1.29, 1.82) is 5.26 Å². The minimum Gasteiger partial charge on any atom is -0.267 e. The van der Waals surface area contributed by atoms with E-state index < -0.39 is 0 Å². The standard InChI is InChI=1S/C10H14N4OS/c1-2-8(5-6-11)16-10-13-12-9(15)14(10)7-3-4-7/h7-8H,2-5H2,1H3,(H,12,15). The van der Waals surface area contributed by atoms with Crippen LogP contribution in [0, 0.1) is 11.3 Å². The molecule has 0 spiro atoms. The normalized spacial score (nSPS) is 17.0. The SMILES string of the molecule is CCC(CC#N)Sc1n[nH]c(=O)n1C1CC1. The molecule has 1 aromatic rings.